The van der Waals surface area contributed by atoms with Gasteiger partial charge in [-0.2, -0.15) is 11.8 Å². The Balaban J connectivity index is 2.26. The first-order chi connectivity index (χ1) is 9.13. The van der Waals surface area contributed by atoms with Gasteiger partial charge in [-0.05, 0) is 42.9 Å². The molecule has 1 aromatic rings. The zero-order chi connectivity index (χ0) is 14.1. The van der Waals surface area contributed by atoms with Crippen molar-refractivity contribution in [3.8, 4) is 0 Å². The SMILES string of the molecule is CCSCCC(C)NC(=O)CCc1ccccc1N. The standard InChI is InChI=1S/C15H24N2OS/c1-3-19-11-10-12(2)17-15(18)9-8-13-6-4-5-7-14(13)16/h4-7,12H,3,8-11,16H2,1-2H3,(H,17,18). The first-order valence-electron chi connectivity index (χ1n) is 6.84. The minimum Gasteiger partial charge on any atom is -0.399 e. The molecule has 0 fully saturated rings. The number of hydrogen-bond donors (Lipinski definition) is 2. The molecule has 1 rings (SSSR count). The van der Waals surface area contributed by atoms with E-state index in [2.05, 4.69) is 19.2 Å². The minimum atomic E-state index is 0.109. The van der Waals surface area contributed by atoms with Crippen LogP contribution in [0.25, 0.3) is 0 Å². The fraction of sp³-hybridized carbons (Fsp3) is 0.533. The Morgan fingerprint density at radius 3 is 2.84 bits per heavy atom. The summed E-state index contributed by atoms with van der Waals surface area (Å²) >= 11 is 1.91. The number of benzene rings is 1. The van der Waals surface area contributed by atoms with Crippen LogP contribution in [-0.2, 0) is 11.2 Å². The zero-order valence-corrected chi connectivity index (χ0v) is 12.6. The van der Waals surface area contributed by atoms with Crippen molar-refractivity contribution in [2.75, 3.05) is 17.2 Å². The zero-order valence-electron chi connectivity index (χ0n) is 11.8. The van der Waals surface area contributed by atoms with Crippen LogP contribution in [0.4, 0.5) is 5.69 Å². The van der Waals surface area contributed by atoms with Crippen molar-refractivity contribution < 1.29 is 4.79 Å². The Hall–Kier alpha value is -1.16. The van der Waals surface area contributed by atoms with Crippen molar-refractivity contribution in [3.05, 3.63) is 29.8 Å². The summed E-state index contributed by atoms with van der Waals surface area (Å²) < 4.78 is 0. The van der Waals surface area contributed by atoms with Crippen LogP contribution in [0, 0.1) is 0 Å². The number of para-hydroxylation sites is 1. The molecule has 0 aromatic heterocycles. The van der Waals surface area contributed by atoms with E-state index in [1.165, 1.54) is 0 Å². The molecule has 106 valence electrons. The highest BCUT2D eigenvalue weighted by atomic mass is 32.2. The molecule has 0 aliphatic heterocycles. The lowest BCUT2D eigenvalue weighted by Gasteiger charge is -2.13. The first-order valence-corrected chi connectivity index (χ1v) is 7.99. The van der Waals surface area contributed by atoms with E-state index >= 15 is 0 Å². The van der Waals surface area contributed by atoms with Crippen molar-refractivity contribution in [1.29, 1.82) is 0 Å². The Morgan fingerprint density at radius 1 is 1.42 bits per heavy atom. The van der Waals surface area contributed by atoms with E-state index < -0.39 is 0 Å². The molecule has 0 saturated carbocycles. The van der Waals surface area contributed by atoms with E-state index in [4.69, 9.17) is 5.73 Å². The summed E-state index contributed by atoms with van der Waals surface area (Å²) in [5, 5.41) is 3.04. The molecule has 1 amide bonds. The van der Waals surface area contributed by atoms with Crippen molar-refractivity contribution >= 4 is 23.4 Å². The van der Waals surface area contributed by atoms with Gasteiger partial charge in [0.25, 0.3) is 0 Å². The predicted octanol–water partition coefficient (Wildman–Crippen LogP) is 2.85. The smallest absolute Gasteiger partial charge is 0.220 e. The number of nitrogens with two attached hydrogens (primary N) is 1. The molecular weight excluding hydrogens is 256 g/mol. The van der Waals surface area contributed by atoms with Crippen LogP contribution < -0.4 is 11.1 Å². The Morgan fingerprint density at radius 2 is 2.16 bits per heavy atom. The van der Waals surface area contributed by atoms with Gasteiger partial charge in [0.1, 0.15) is 0 Å². The Labute approximate surface area is 120 Å². The van der Waals surface area contributed by atoms with Gasteiger partial charge in [0, 0.05) is 18.2 Å². The molecule has 1 unspecified atom stereocenters. The summed E-state index contributed by atoms with van der Waals surface area (Å²) in [5.41, 5.74) is 7.67. The second-order valence-corrected chi connectivity index (χ2v) is 6.05. The van der Waals surface area contributed by atoms with Crippen LogP contribution in [-0.4, -0.2) is 23.5 Å². The third-order valence-corrected chi connectivity index (χ3v) is 3.92. The molecule has 0 saturated heterocycles. The molecule has 0 heterocycles. The molecule has 0 aliphatic rings. The normalized spacial score (nSPS) is 12.1. The quantitative estimate of drug-likeness (QED) is 0.569. The van der Waals surface area contributed by atoms with Crippen molar-refractivity contribution in [2.45, 2.75) is 39.2 Å². The number of rotatable bonds is 8. The fourth-order valence-electron chi connectivity index (χ4n) is 1.83. The maximum Gasteiger partial charge on any atom is 0.220 e. The number of carbonyl (C=O) groups excluding carboxylic acids is 1. The minimum absolute atomic E-state index is 0.109. The van der Waals surface area contributed by atoms with Crippen molar-refractivity contribution in [1.82, 2.24) is 5.32 Å². The second kappa shape index (κ2) is 8.86. The van der Waals surface area contributed by atoms with E-state index in [0.717, 1.165) is 29.2 Å². The number of carbonyl (C=O) groups is 1. The summed E-state index contributed by atoms with van der Waals surface area (Å²) in [4.78, 5) is 11.8. The molecule has 1 atom stereocenters. The molecule has 3 nitrogen and oxygen atoms in total. The summed E-state index contributed by atoms with van der Waals surface area (Å²) in [6.07, 6.45) is 2.23. The molecular formula is C15H24N2OS. The van der Waals surface area contributed by atoms with Crippen LogP contribution in [0.1, 0.15) is 32.3 Å². The number of nitrogens with one attached hydrogen (secondary N) is 1. The lowest BCUT2D eigenvalue weighted by Crippen LogP contribution is -2.33. The molecule has 3 N–H and O–H groups in total. The predicted molar refractivity (Wildman–Crippen MR) is 84.4 cm³/mol. The van der Waals surface area contributed by atoms with Crippen LogP contribution in [0.5, 0.6) is 0 Å². The van der Waals surface area contributed by atoms with Gasteiger partial charge >= 0.3 is 0 Å². The summed E-state index contributed by atoms with van der Waals surface area (Å²) in [7, 11) is 0. The van der Waals surface area contributed by atoms with Crippen LogP contribution in [0.15, 0.2) is 24.3 Å². The van der Waals surface area contributed by atoms with Gasteiger partial charge in [-0.3, -0.25) is 4.79 Å². The van der Waals surface area contributed by atoms with Gasteiger partial charge in [-0.1, -0.05) is 25.1 Å². The monoisotopic (exact) mass is 280 g/mol. The van der Waals surface area contributed by atoms with Crippen molar-refractivity contribution in [3.63, 3.8) is 0 Å². The van der Waals surface area contributed by atoms with Gasteiger partial charge < -0.3 is 11.1 Å². The van der Waals surface area contributed by atoms with E-state index in [9.17, 15) is 4.79 Å². The van der Waals surface area contributed by atoms with E-state index in [1.54, 1.807) is 0 Å². The molecule has 1 aromatic carbocycles. The van der Waals surface area contributed by atoms with Crippen LogP contribution in [0.3, 0.4) is 0 Å². The van der Waals surface area contributed by atoms with E-state index in [0.29, 0.717) is 12.8 Å². The average Bonchev–Trinajstić information content (AvgIpc) is 2.38. The number of aryl methyl sites for hydroxylation is 1. The third-order valence-electron chi connectivity index (χ3n) is 2.98. The topological polar surface area (TPSA) is 55.1 Å². The lowest BCUT2D eigenvalue weighted by atomic mass is 10.1. The highest BCUT2D eigenvalue weighted by molar-refractivity contribution is 7.99. The van der Waals surface area contributed by atoms with Gasteiger partial charge in [0.2, 0.25) is 5.91 Å². The van der Waals surface area contributed by atoms with Gasteiger partial charge in [0.15, 0.2) is 0 Å². The van der Waals surface area contributed by atoms with E-state index in [1.807, 2.05) is 36.0 Å². The Kier molecular flexibility index (Phi) is 7.41. The lowest BCUT2D eigenvalue weighted by molar-refractivity contribution is -0.121. The summed E-state index contributed by atoms with van der Waals surface area (Å²) in [6.45, 7) is 4.21. The average molecular weight is 280 g/mol. The second-order valence-electron chi connectivity index (χ2n) is 4.65. The molecule has 4 heteroatoms. The summed E-state index contributed by atoms with van der Waals surface area (Å²) in [6, 6.07) is 7.96. The molecule has 0 aliphatic carbocycles. The highest BCUT2D eigenvalue weighted by Gasteiger charge is 2.08. The Bertz CT molecular complexity index is 395. The number of hydrogen-bond acceptors (Lipinski definition) is 3. The first kappa shape index (κ1) is 15.9. The number of amides is 1. The number of anilines is 1. The maximum absolute atomic E-state index is 11.8. The van der Waals surface area contributed by atoms with Crippen LogP contribution in [0.2, 0.25) is 0 Å². The maximum atomic E-state index is 11.8. The molecule has 0 spiro atoms. The number of nitrogen functional groups attached to an aromatic ring is 1. The molecule has 0 radical (unpaired) electrons. The summed E-state index contributed by atoms with van der Waals surface area (Å²) in [5.74, 6) is 2.34. The molecule has 19 heavy (non-hydrogen) atoms. The number of thioether (sulfide) groups is 1. The highest BCUT2D eigenvalue weighted by Crippen LogP contribution is 2.12. The van der Waals surface area contributed by atoms with E-state index in [-0.39, 0.29) is 11.9 Å². The van der Waals surface area contributed by atoms with Gasteiger partial charge in [0.05, 0.1) is 0 Å². The fourth-order valence-corrected chi connectivity index (χ4v) is 2.64. The molecule has 0 bridgehead atoms. The van der Waals surface area contributed by atoms with Crippen molar-refractivity contribution in [2.24, 2.45) is 0 Å². The largest absolute Gasteiger partial charge is 0.399 e. The van der Waals surface area contributed by atoms with Crippen LogP contribution >= 0.6 is 11.8 Å². The van der Waals surface area contributed by atoms with Gasteiger partial charge in [-0.25, -0.2) is 0 Å². The third kappa shape index (κ3) is 6.53. The van der Waals surface area contributed by atoms with Gasteiger partial charge in [-0.15, -0.1) is 0 Å².